The summed E-state index contributed by atoms with van der Waals surface area (Å²) in [4.78, 5) is 31.9. The molecule has 4 atom stereocenters. The number of nitrogens with one attached hydrogen (secondary N) is 3. The Morgan fingerprint density at radius 1 is 1.24 bits per heavy atom. The summed E-state index contributed by atoms with van der Waals surface area (Å²) in [5, 5.41) is 0.525. The van der Waals surface area contributed by atoms with Crippen molar-refractivity contribution in [2.75, 3.05) is 0 Å². The Labute approximate surface area is 145 Å². The topological polar surface area (TPSA) is 96.1 Å². The molecule has 132 valence electrons. The molecule has 1 aromatic heterocycles. The number of aromatic nitrogens is 2. The third-order valence-corrected chi connectivity index (χ3v) is 5.23. The van der Waals surface area contributed by atoms with Gasteiger partial charge in [-0.3, -0.25) is 15.0 Å². The predicted octanol–water partition coefficient (Wildman–Crippen LogP) is 1.56. The van der Waals surface area contributed by atoms with Crippen molar-refractivity contribution >= 4 is 16.9 Å². The molecule has 4 rings (SSSR count). The first-order chi connectivity index (χ1) is 12.1. The van der Waals surface area contributed by atoms with Crippen LogP contribution in [-0.2, 0) is 9.53 Å². The van der Waals surface area contributed by atoms with Crippen LogP contribution >= 0.6 is 0 Å². The van der Waals surface area contributed by atoms with Gasteiger partial charge in [-0.05, 0) is 31.9 Å². The molecule has 7 nitrogen and oxygen atoms in total. The summed E-state index contributed by atoms with van der Waals surface area (Å²) >= 11 is 0. The zero-order valence-electron chi connectivity index (χ0n) is 14.1. The van der Waals surface area contributed by atoms with Crippen molar-refractivity contribution in [3.05, 3.63) is 40.4 Å². The van der Waals surface area contributed by atoms with Crippen LogP contribution in [0.4, 0.5) is 0 Å². The van der Waals surface area contributed by atoms with Gasteiger partial charge in [0.05, 0.1) is 10.9 Å². The SMILES string of the molecule is CC(OC(=O)C1NNC2CCCCC21)c1nc2ccccc2c(=O)[nH]1. The largest absolute Gasteiger partial charge is 0.453 e. The highest BCUT2D eigenvalue weighted by molar-refractivity contribution is 5.78. The quantitative estimate of drug-likeness (QED) is 0.733. The summed E-state index contributed by atoms with van der Waals surface area (Å²) in [7, 11) is 0. The molecular weight excluding hydrogens is 320 g/mol. The van der Waals surface area contributed by atoms with Crippen LogP contribution in [0.3, 0.4) is 0 Å². The van der Waals surface area contributed by atoms with Crippen LogP contribution in [0.5, 0.6) is 0 Å². The highest BCUT2D eigenvalue weighted by atomic mass is 16.5. The second kappa shape index (κ2) is 6.57. The molecule has 4 unspecified atom stereocenters. The third-order valence-electron chi connectivity index (χ3n) is 5.23. The van der Waals surface area contributed by atoms with Crippen LogP contribution in [0.1, 0.15) is 44.5 Å². The summed E-state index contributed by atoms with van der Waals surface area (Å²) in [5.74, 6) is 0.325. The van der Waals surface area contributed by atoms with E-state index in [0.29, 0.717) is 22.8 Å². The van der Waals surface area contributed by atoms with Gasteiger partial charge < -0.3 is 9.72 Å². The maximum atomic E-state index is 12.6. The summed E-state index contributed by atoms with van der Waals surface area (Å²) in [5.41, 5.74) is 6.66. The molecule has 1 saturated heterocycles. The maximum absolute atomic E-state index is 12.6. The molecule has 0 radical (unpaired) electrons. The number of para-hydroxylation sites is 1. The number of H-pyrrole nitrogens is 1. The smallest absolute Gasteiger partial charge is 0.325 e. The van der Waals surface area contributed by atoms with Crippen molar-refractivity contribution in [2.45, 2.75) is 50.8 Å². The van der Waals surface area contributed by atoms with E-state index in [1.54, 1.807) is 25.1 Å². The molecule has 0 spiro atoms. The molecule has 0 amide bonds. The minimum Gasteiger partial charge on any atom is -0.453 e. The molecule has 2 fully saturated rings. The number of hydrogen-bond donors (Lipinski definition) is 3. The van der Waals surface area contributed by atoms with Gasteiger partial charge in [-0.15, -0.1) is 0 Å². The summed E-state index contributed by atoms with van der Waals surface area (Å²) in [6.45, 7) is 1.73. The van der Waals surface area contributed by atoms with Crippen LogP contribution in [-0.4, -0.2) is 28.0 Å². The van der Waals surface area contributed by atoms with E-state index in [-0.39, 0.29) is 23.5 Å². The van der Waals surface area contributed by atoms with E-state index < -0.39 is 6.10 Å². The maximum Gasteiger partial charge on any atom is 0.325 e. The van der Waals surface area contributed by atoms with Crippen molar-refractivity contribution in [3.63, 3.8) is 0 Å². The molecule has 0 bridgehead atoms. The second-order valence-corrected chi connectivity index (χ2v) is 6.87. The average Bonchev–Trinajstić information content (AvgIpc) is 3.06. The molecule has 1 aliphatic heterocycles. The number of carbonyl (C=O) groups excluding carboxylic acids is 1. The zero-order valence-corrected chi connectivity index (χ0v) is 14.1. The molecular formula is C18H22N4O3. The highest BCUT2D eigenvalue weighted by Crippen LogP contribution is 2.31. The van der Waals surface area contributed by atoms with Crippen molar-refractivity contribution in [1.29, 1.82) is 0 Å². The number of hydrazine groups is 1. The summed E-state index contributed by atoms with van der Waals surface area (Å²) < 4.78 is 5.60. The van der Waals surface area contributed by atoms with E-state index >= 15 is 0 Å². The van der Waals surface area contributed by atoms with Crippen LogP contribution in [0.2, 0.25) is 0 Å². The molecule has 2 heterocycles. The number of benzene rings is 1. The van der Waals surface area contributed by atoms with Crippen LogP contribution < -0.4 is 16.4 Å². The van der Waals surface area contributed by atoms with Crippen LogP contribution in [0, 0.1) is 5.92 Å². The number of esters is 1. The Bertz CT molecular complexity index is 850. The van der Waals surface area contributed by atoms with E-state index in [1.807, 2.05) is 6.07 Å². The molecule has 2 aromatic rings. The van der Waals surface area contributed by atoms with E-state index in [0.717, 1.165) is 19.3 Å². The number of rotatable bonds is 3. The van der Waals surface area contributed by atoms with E-state index in [9.17, 15) is 9.59 Å². The summed E-state index contributed by atoms with van der Waals surface area (Å²) in [6.07, 6.45) is 3.81. The molecule has 3 N–H and O–H groups in total. The number of carbonyl (C=O) groups is 1. The van der Waals surface area contributed by atoms with Gasteiger partial charge in [0.25, 0.3) is 5.56 Å². The molecule has 1 aliphatic carbocycles. The lowest BCUT2D eigenvalue weighted by Crippen LogP contribution is -2.40. The first-order valence-electron chi connectivity index (χ1n) is 8.84. The fourth-order valence-electron chi connectivity index (χ4n) is 3.88. The number of nitrogens with zero attached hydrogens (tertiary/aromatic N) is 1. The summed E-state index contributed by atoms with van der Waals surface area (Å²) in [6, 6.07) is 7.10. The standard InChI is InChI=1S/C18H22N4O3/c1-10(16-19-13-8-4-3-7-12(13)17(23)20-16)25-18(24)15-11-6-2-5-9-14(11)21-22-15/h3-4,7-8,10-11,14-15,21-22H,2,5-6,9H2,1H3,(H,19,20,23). The fourth-order valence-corrected chi connectivity index (χ4v) is 3.88. The number of hydrogen-bond acceptors (Lipinski definition) is 6. The monoisotopic (exact) mass is 342 g/mol. The zero-order chi connectivity index (χ0) is 17.4. The Morgan fingerprint density at radius 3 is 2.92 bits per heavy atom. The van der Waals surface area contributed by atoms with Gasteiger partial charge in [0.15, 0.2) is 11.9 Å². The van der Waals surface area contributed by atoms with Crippen molar-refractivity contribution in [3.8, 4) is 0 Å². The molecule has 25 heavy (non-hydrogen) atoms. The lowest BCUT2D eigenvalue weighted by Gasteiger charge is -2.26. The first-order valence-corrected chi connectivity index (χ1v) is 8.84. The van der Waals surface area contributed by atoms with E-state index in [2.05, 4.69) is 20.8 Å². The highest BCUT2D eigenvalue weighted by Gasteiger charge is 2.42. The van der Waals surface area contributed by atoms with Gasteiger partial charge >= 0.3 is 5.97 Å². The van der Waals surface area contributed by atoms with E-state index in [1.165, 1.54) is 6.42 Å². The lowest BCUT2D eigenvalue weighted by molar-refractivity contribution is -0.152. The first kappa shape index (κ1) is 16.2. The Kier molecular flexibility index (Phi) is 4.27. The van der Waals surface area contributed by atoms with Crippen molar-refractivity contribution in [1.82, 2.24) is 20.8 Å². The Hall–Kier alpha value is -2.25. The van der Waals surface area contributed by atoms with Gasteiger partial charge in [-0.2, -0.15) is 0 Å². The van der Waals surface area contributed by atoms with Gasteiger partial charge in [-0.1, -0.05) is 25.0 Å². The molecule has 2 aliphatic rings. The second-order valence-electron chi connectivity index (χ2n) is 6.87. The minimum absolute atomic E-state index is 0.225. The third kappa shape index (κ3) is 3.05. The average molecular weight is 342 g/mol. The normalized spacial score (nSPS) is 27.0. The Morgan fingerprint density at radius 2 is 2.04 bits per heavy atom. The van der Waals surface area contributed by atoms with Crippen LogP contribution in [0.15, 0.2) is 29.1 Å². The molecule has 1 aromatic carbocycles. The number of ether oxygens (including phenoxy) is 1. The van der Waals surface area contributed by atoms with Crippen LogP contribution in [0.25, 0.3) is 10.9 Å². The Balaban J connectivity index is 1.51. The number of aromatic amines is 1. The number of fused-ring (bicyclic) bond motifs is 2. The lowest BCUT2D eigenvalue weighted by atomic mass is 9.82. The molecule has 7 heteroatoms. The van der Waals surface area contributed by atoms with E-state index in [4.69, 9.17) is 4.74 Å². The van der Waals surface area contributed by atoms with Crippen molar-refractivity contribution in [2.24, 2.45) is 5.92 Å². The minimum atomic E-state index is -0.616. The fraction of sp³-hybridized carbons (Fsp3) is 0.500. The molecule has 1 saturated carbocycles. The van der Waals surface area contributed by atoms with Gasteiger partial charge in [-0.25, -0.2) is 10.4 Å². The van der Waals surface area contributed by atoms with Gasteiger partial charge in [0.1, 0.15) is 6.04 Å². The van der Waals surface area contributed by atoms with Crippen molar-refractivity contribution < 1.29 is 9.53 Å². The predicted molar refractivity (Wildman–Crippen MR) is 92.7 cm³/mol. The van der Waals surface area contributed by atoms with Gasteiger partial charge in [0, 0.05) is 12.0 Å². The van der Waals surface area contributed by atoms with Gasteiger partial charge in [0.2, 0.25) is 0 Å².